The van der Waals surface area contributed by atoms with Gasteiger partial charge in [-0.2, -0.15) is 4.31 Å². The number of methoxy groups -OCH3 is 1. The molecule has 1 aliphatic carbocycles. The highest BCUT2D eigenvalue weighted by Gasteiger charge is 2.41. The van der Waals surface area contributed by atoms with Crippen molar-refractivity contribution in [3.05, 3.63) is 0 Å². The maximum absolute atomic E-state index is 11.9. The van der Waals surface area contributed by atoms with Gasteiger partial charge in [0.05, 0.1) is 6.61 Å². The van der Waals surface area contributed by atoms with E-state index in [0.717, 1.165) is 12.8 Å². The normalized spacial score (nSPS) is 18.7. The Morgan fingerprint density at radius 1 is 1.56 bits per heavy atom. The second-order valence-corrected chi connectivity index (χ2v) is 6.07. The Hall–Kier alpha value is -0.660. The lowest BCUT2D eigenvalue weighted by Gasteiger charge is -2.23. The van der Waals surface area contributed by atoms with Gasteiger partial charge >= 0.3 is 5.97 Å². The maximum atomic E-state index is 11.9. The lowest BCUT2D eigenvalue weighted by atomic mass is 10.5. The van der Waals surface area contributed by atoms with E-state index in [0.29, 0.717) is 0 Å². The molecular formula is C9H17NO5S. The predicted octanol–water partition coefficient (Wildman–Crippen LogP) is -0.0999. The smallest absolute Gasteiger partial charge is 0.323 e. The van der Waals surface area contributed by atoms with Gasteiger partial charge in [0.15, 0.2) is 5.25 Å². The molecule has 0 aliphatic heterocycles. The molecule has 1 N–H and O–H groups in total. The highest BCUT2D eigenvalue weighted by Crippen LogP contribution is 2.30. The summed E-state index contributed by atoms with van der Waals surface area (Å²) in [6.45, 7) is 1.70. The van der Waals surface area contributed by atoms with Gasteiger partial charge in [-0.1, -0.05) is 0 Å². The summed E-state index contributed by atoms with van der Waals surface area (Å²) in [7, 11) is -2.27. The number of carboxylic acid groups (broad SMARTS) is 1. The van der Waals surface area contributed by atoms with Crippen LogP contribution in [0.1, 0.15) is 19.8 Å². The predicted molar refractivity (Wildman–Crippen MR) is 57.6 cm³/mol. The van der Waals surface area contributed by atoms with E-state index in [1.165, 1.54) is 18.3 Å². The van der Waals surface area contributed by atoms with Crippen molar-refractivity contribution in [3.63, 3.8) is 0 Å². The van der Waals surface area contributed by atoms with Crippen LogP contribution in [-0.2, 0) is 19.6 Å². The summed E-state index contributed by atoms with van der Waals surface area (Å²) < 4.78 is 30.0. The Morgan fingerprint density at radius 2 is 2.12 bits per heavy atom. The second-order valence-electron chi connectivity index (χ2n) is 3.86. The van der Waals surface area contributed by atoms with Gasteiger partial charge in [0.2, 0.25) is 10.0 Å². The number of carboxylic acids is 1. The number of aliphatic carboxylic acids is 1. The fourth-order valence-electron chi connectivity index (χ4n) is 1.39. The number of hydrogen-bond donors (Lipinski definition) is 1. The minimum atomic E-state index is -3.76. The first-order chi connectivity index (χ1) is 7.41. The van der Waals surface area contributed by atoms with Gasteiger partial charge in [-0.05, 0) is 19.8 Å². The van der Waals surface area contributed by atoms with Gasteiger partial charge in [0.25, 0.3) is 0 Å². The third-order valence-electron chi connectivity index (χ3n) is 2.59. The number of rotatable bonds is 7. The zero-order valence-electron chi connectivity index (χ0n) is 9.42. The van der Waals surface area contributed by atoms with E-state index in [-0.39, 0.29) is 19.2 Å². The van der Waals surface area contributed by atoms with E-state index in [4.69, 9.17) is 9.84 Å². The first-order valence-electron chi connectivity index (χ1n) is 5.13. The monoisotopic (exact) mass is 251 g/mol. The molecule has 0 aromatic carbocycles. The third-order valence-corrected chi connectivity index (χ3v) is 4.82. The second kappa shape index (κ2) is 5.11. The summed E-state index contributed by atoms with van der Waals surface area (Å²) >= 11 is 0. The van der Waals surface area contributed by atoms with Gasteiger partial charge in [-0.25, -0.2) is 8.42 Å². The topological polar surface area (TPSA) is 83.9 Å². The van der Waals surface area contributed by atoms with E-state index in [1.807, 2.05) is 0 Å². The average Bonchev–Trinajstić information content (AvgIpc) is 3.00. The van der Waals surface area contributed by atoms with Gasteiger partial charge in [0.1, 0.15) is 0 Å². The first-order valence-corrected chi connectivity index (χ1v) is 6.64. The van der Waals surface area contributed by atoms with Crippen molar-refractivity contribution in [2.45, 2.75) is 31.1 Å². The van der Waals surface area contributed by atoms with Crippen LogP contribution in [0.5, 0.6) is 0 Å². The van der Waals surface area contributed by atoms with E-state index in [2.05, 4.69) is 0 Å². The highest BCUT2D eigenvalue weighted by atomic mass is 32.2. The molecule has 94 valence electrons. The Balaban J connectivity index is 2.79. The van der Waals surface area contributed by atoms with E-state index in [1.54, 1.807) is 0 Å². The summed E-state index contributed by atoms with van der Waals surface area (Å²) in [5, 5.41) is 7.36. The molecular weight excluding hydrogens is 234 g/mol. The van der Waals surface area contributed by atoms with Crippen LogP contribution in [0.3, 0.4) is 0 Å². The number of carbonyl (C=O) groups is 1. The molecule has 0 saturated heterocycles. The molecule has 1 saturated carbocycles. The average molecular weight is 251 g/mol. The molecule has 0 aromatic heterocycles. The molecule has 6 nitrogen and oxygen atoms in total. The number of sulfonamides is 1. The summed E-state index contributed by atoms with van der Waals surface area (Å²) in [5.41, 5.74) is 0. The van der Waals surface area contributed by atoms with Crippen molar-refractivity contribution in [1.82, 2.24) is 4.31 Å². The molecule has 1 fully saturated rings. The van der Waals surface area contributed by atoms with Crippen LogP contribution in [-0.4, -0.2) is 55.4 Å². The quantitative estimate of drug-likeness (QED) is 0.683. The molecule has 0 radical (unpaired) electrons. The minimum absolute atomic E-state index is 0.0399. The molecule has 0 aromatic rings. The molecule has 0 spiro atoms. The Labute approximate surface area is 95.2 Å². The molecule has 1 unspecified atom stereocenters. The summed E-state index contributed by atoms with van der Waals surface area (Å²) in [5.74, 6) is -1.32. The highest BCUT2D eigenvalue weighted by molar-refractivity contribution is 7.90. The zero-order chi connectivity index (χ0) is 12.3. The van der Waals surface area contributed by atoms with Gasteiger partial charge in [-0.3, -0.25) is 4.79 Å². The number of hydrogen-bond acceptors (Lipinski definition) is 4. The van der Waals surface area contributed by atoms with Crippen LogP contribution in [0.4, 0.5) is 0 Å². The van der Waals surface area contributed by atoms with Crippen molar-refractivity contribution < 1.29 is 23.1 Å². The van der Waals surface area contributed by atoms with Crippen LogP contribution >= 0.6 is 0 Å². The molecule has 0 heterocycles. The van der Waals surface area contributed by atoms with Crippen molar-refractivity contribution in [2.75, 3.05) is 20.3 Å². The zero-order valence-corrected chi connectivity index (χ0v) is 10.2. The van der Waals surface area contributed by atoms with E-state index >= 15 is 0 Å². The van der Waals surface area contributed by atoms with Crippen LogP contribution in [0.15, 0.2) is 0 Å². The van der Waals surface area contributed by atoms with Crippen molar-refractivity contribution in [2.24, 2.45) is 0 Å². The Kier molecular flexibility index (Phi) is 4.28. The SMILES string of the molecule is COCCN(C1CC1)S(=O)(=O)C(C)C(=O)O. The summed E-state index contributed by atoms with van der Waals surface area (Å²) in [6, 6.07) is -0.0399. The van der Waals surface area contributed by atoms with Crippen LogP contribution in [0.25, 0.3) is 0 Å². The molecule has 0 amide bonds. The molecule has 1 aliphatic rings. The Bertz CT molecular complexity index is 349. The van der Waals surface area contributed by atoms with Crippen LogP contribution < -0.4 is 0 Å². The third kappa shape index (κ3) is 2.93. The van der Waals surface area contributed by atoms with Crippen molar-refractivity contribution in [1.29, 1.82) is 0 Å². The summed E-state index contributed by atoms with van der Waals surface area (Å²) in [4.78, 5) is 10.7. The molecule has 0 bridgehead atoms. The lowest BCUT2D eigenvalue weighted by Crippen LogP contribution is -2.43. The maximum Gasteiger partial charge on any atom is 0.323 e. The number of ether oxygens (including phenoxy) is 1. The standard InChI is InChI=1S/C9H17NO5S/c1-7(9(11)12)16(13,14)10(5-6-15-2)8-3-4-8/h7-8H,3-6H2,1-2H3,(H,11,12). The molecule has 16 heavy (non-hydrogen) atoms. The van der Waals surface area contributed by atoms with Crippen LogP contribution in [0.2, 0.25) is 0 Å². The molecule has 7 heteroatoms. The van der Waals surface area contributed by atoms with Crippen molar-refractivity contribution >= 4 is 16.0 Å². The minimum Gasteiger partial charge on any atom is -0.480 e. The van der Waals surface area contributed by atoms with Gasteiger partial charge < -0.3 is 9.84 Å². The fraction of sp³-hybridized carbons (Fsp3) is 0.889. The largest absolute Gasteiger partial charge is 0.480 e. The fourth-order valence-corrected chi connectivity index (χ4v) is 3.01. The van der Waals surface area contributed by atoms with Gasteiger partial charge in [0, 0.05) is 19.7 Å². The molecule has 1 rings (SSSR count). The van der Waals surface area contributed by atoms with Crippen LogP contribution in [0, 0.1) is 0 Å². The molecule has 1 atom stereocenters. The first kappa shape index (κ1) is 13.4. The lowest BCUT2D eigenvalue weighted by molar-refractivity contribution is -0.136. The number of nitrogens with zero attached hydrogens (tertiary/aromatic N) is 1. The van der Waals surface area contributed by atoms with E-state index in [9.17, 15) is 13.2 Å². The Morgan fingerprint density at radius 3 is 2.50 bits per heavy atom. The van der Waals surface area contributed by atoms with Crippen molar-refractivity contribution in [3.8, 4) is 0 Å². The van der Waals surface area contributed by atoms with E-state index < -0.39 is 21.2 Å². The summed E-state index contributed by atoms with van der Waals surface area (Å²) in [6.07, 6.45) is 1.60. The van der Waals surface area contributed by atoms with Gasteiger partial charge in [-0.15, -0.1) is 0 Å².